The van der Waals surface area contributed by atoms with Crippen LogP contribution in [0.25, 0.3) is 0 Å². The first-order valence-electron chi connectivity index (χ1n) is 7.37. The maximum Gasteiger partial charge on any atom is 0.0580 e. The Labute approximate surface area is 133 Å². The van der Waals surface area contributed by atoms with Gasteiger partial charge in [0.1, 0.15) is 0 Å². The fourth-order valence-corrected chi connectivity index (χ4v) is 3.14. The van der Waals surface area contributed by atoms with Gasteiger partial charge in [-0.15, -0.1) is 0 Å². The molecule has 0 radical (unpaired) electrons. The number of halogens is 1. The van der Waals surface area contributed by atoms with Crippen LogP contribution in [0.4, 0.5) is 0 Å². The van der Waals surface area contributed by atoms with E-state index < -0.39 is 0 Å². The number of nitrogens with one attached hydrogen (secondary N) is 1. The van der Waals surface area contributed by atoms with E-state index in [2.05, 4.69) is 57.3 Å². The van der Waals surface area contributed by atoms with Gasteiger partial charge < -0.3 is 5.32 Å². The van der Waals surface area contributed by atoms with Gasteiger partial charge in [-0.05, 0) is 86.7 Å². The fraction of sp³-hybridized carbons (Fsp3) is 0.368. The zero-order valence-corrected chi connectivity index (χ0v) is 14.5. The Bertz CT molecular complexity index is 648. The maximum atomic E-state index is 6.32. The Hall–Kier alpha value is -1.31. The molecule has 1 nitrogen and oxygen atoms in total. The molecule has 0 aliphatic carbocycles. The quantitative estimate of drug-likeness (QED) is 0.822. The zero-order valence-electron chi connectivity index (χ0n) is 13.8. The van der Waals surface area contributed by atoms with Crippen molar-refractivity contribution in [1.29, 1.82) is 0 Å². The normalized spacial score (nSPS) is 12.5. The van der Waals surface area contributed by atoms with Crippen LogP contribution in [0.2, 0.25) is 5.02 Å². The number of hydrogen-bond acceptors (Lipinski definition) is 1. The molecule has 0 aromatic heterocycles. The summed E-state index contributed by atoms with van der Waals surface area (Å²) in [4.78, 5) is 0. The lowest BCUT2D eigenvalue weighted by atomic mass is 9.86. The van der Waals surface area contributed by atoms with E-state index in [0.717, 1.165) is 10.6 Å². The highest BCUT2D eigenvalue weighted by molar-refractivity contribution is 6.31. The molecule has 0 fully saturated rings. The highest BCUT2D eigenvalue weighted by atomic mass is 35.5. The summed E-state index contributed by atoms with van der Waals surface area (Å²) in [6, 6.07) is 8.77. The van der Waals surface area contributed by atoms with Crippen molar-refractivity contribution in [2.24, 2.45) is 0 Å². The van der Waals surface area contributed by atoms with E-state index in [-0.39, 0.29) is 6.04 Å². The highest BCUT2D eigenvalue weighted by Gasteiger charge is 2.19. The van der Waals surface area contributed by atoms with Gasteiger partial charge in [-0.1, -0.05) is 29.8 Å². The maximum absolute atomic E-state index is 6.32. The van der Waals surface area contributed by atoms with E-state index in [4.69, 9.17) is 11.6 Å². The lowest BCUT2D eigenvalue weighted by Crippen LogP contribution is -2.20. The molecule has 112 valence electrons. The second kappa shape index (κ2) is 6.21. The molecule has 0 spiro atoms. The molecule has 0 aliphatic rings. The molecule has 2 aromatic carbocycles. The number of rotatable bonds is 3. The Balaban J connectivity index is 2.64. The van der Waals surface area contributed by atoms with Gasteiger partial charge in [0.2, 0.25) is 0 Å². The van der Waals surface area contributed by atoms with Gasteiger partial charge in [0.25, 0.3) is 0 Å². The first kappa shape index (κ1) is 16.1. The fourth-order valence-electron chi connectivity index (χ4n) is 2.95. The molecule has 2 aromatic rings. The van der Waals surface area contributed by atoms with Crippen molar-refractivity contribution in [2.75, 3.05) is 7.05 Å². The van der Waals surface area contributed by atoms with Gasteiger partial charge in [0, 0.05) is 5.02 Å². The molecule has 0 aliphatic heterocycles. The minimum Gasteiger partial charge on any atom is -0.309 e. The van der Waals surface area contributed by atoms with Crippen LogP contribution in [0.3, 0.4) is 0 Å². The average Bonchev–Trinajstić information content (AvgIpc) is 2.44. The molecule has 0 amide bonds. The molecule has 0 saturated carbocycles. The molecular formula is C19H24ClN. The van der Waals surface area contributed by atoms with Crippen LogP contribution in [0.15, 0.2) is 24.3 Å². The summed E-state index contributed by atoms with van der Waals surface area (Å²) in [6.07, 6.45) is 0. The predicted octanol–water partition coefficient (Wildman–Crippen LogP) is 5.19. The van der Waals surface area contributed by atoms with E-state index >= 15 is 0 Å². The second-order valence-corrected chi connectivity index (χ2v) is 6.31. The van der Waals surface area contributed by atoms with Crippen LogP contribution in [-0.2, 0) is 0 Å². The highest BCUT2D eigenvalue weighted by Crippen LogP contribution is 2.32. The third-order valence-electron chi connectivity index (χ3n) is 4.53. The van der Waals surface area contributed by atoms with Crippen LogP contribution in [0.5, 0.6) is 0 Å². The number of benzene rings is 2. The summed E-state index contributed by atoms with van der Waals surface area (Å²) in [7, 11) is 2.01. The van der Waals surface area contributed by atoms with Gasteiger partial charge >= 0.3 is 0 Å². The molecule has 0 saturated heterocycles. The molecule has 0 heterocycles. The molecule has 1 N–H and O–H groups in total. The summed E-state index contributed by atoms with van der Waals surface area (Å²) in [6.45, 7) is 10.8. The Morgan fingerprint density at radius 1 is 0.857 bits per heavy atom. The summed E-state index contributed by atoms with van der Waals surface area (Å²) in [5.41, 5.74) is 9.09. The van der Waals surface area contributed by atoms with Crippen LogP contribution in [-0.4, -0.2) is 7.05 Å². The Morgan fingerprint density at radius 2 is 1.43 bits per heavy atom. The summed E-state index contributed by atoms with van der Waals surface area (Å²) < 4.78 is 0. The largest absolute Gasteiger partial charge is 0.309 e. The van der Waals surface area contributed by atoms with E-state index in [1.807, 2.05) is 14.0 Å². The lowest BCUT2D eigenvalue weighted by Gasteiger charge is -2.24. The van der Waals surface area contributed by atoms with E-state index in [0.29, 0.717) is 0 Å². The van der Waals surface area contributed by atoms with Gasteiger partial charge in [-0.3, -0.25) is 0 Å². The van der Waals surface area contributed by atoms with Crippen molar-refractivity contribution in [2.45, 2.75) is 40.7 Å². The van der Waals surface area contributed by atoms with Crippen LogP contribution < -0.4 is 5.32 Å². The molecule has 1 unspecified atom stereocenters. The third kappa shape index (κ3) is 3.00. The Morgan fingerprint density at radius 3 is 1.90 bits per heavy atom. The zero-order chi connectivity index (χ0) is 15.7. The molecule has 0 bridgehead atoms. The monoisotopic (exact) mass is 301 g/mol. The summed E-state index contributed by atoms with van der Waals surface area (Å²) in [5.74, 6) is 0. The van der Waals surface area contributed by atoms with Crippen molar-refractivity contribution in [3.63, 3.8) is 0 Å². The van der Waals surface area contributed by atoms with Gasteiger partial charge in [-0.25, -0.2) is 0 Å². The molecule has 21 heavy (non-hydrogen) atoms. The second-order valence-electron chi connectivity index (χ2n) is 5.90. The molecule has 1 atom stereocenters. The molecule has 2 rings (SSSR count). The SMILES string of the molecule is CNC(c1ccc(C)c(Cl)c1)c1c(C)c(C)cc(C)c1C. The number of aryl methyl sites for hydroxylation is 3. The van der Waals surface area contributed by atoms with Crippen molar-refractivity contribution in [1.82, 2.24) is 5.32 Å². The van der Waals surface area contributed by atoms with Gasteiger partial charge in [-0.2, -0.15) is 0 Å². The topological polar surface area (TPSA) is 12.0 Å². The van der Waals surface area contributed by atoms with E-state index in [1.165, 1.54) is 33.4 Å². The van der Waals surface area contributed by atoms with Crippen molar-refractivity contribution in [3.8, 4) is 0 Å². The minimum atomic E-state index is 0.168. The van der Waals surface area contributed by atoms with Crippen LogP contribution in [0.1, 0.15) is 45.0 Å². The van der Waals surface area contributed by atoms with Crippen molar-refractivity contribution < 1.29 is 0 Å². The smallest absolute Gasteiger partial charge is 0.0580 e. The first-order valence-corrected chi connectivity index (χ1v) is 7.75. The minimum absolute atomic E-state index is 0.168. The molecule has 2 heteroatoms. The van der Waals surface area contributed by atoms with Crippen LogP contribution >= 0.6 is 11.6 Å². The summed E-state index contributed by atoms with van der Waals surface area (Å²) >= 11 is 6.32. The van der Waals surface area contributed by atoms with E-state index in [9.17, 15) is 0 Å². The molecular weight excluding hydrogens is 278 g/mol. The van der Waals surface area contributed by atoms with Crippen molar-refractivity contribution >= 4 is 11.6 Å². The van der Waals surface area contributed by atoms with Crippen molar-refractivity contribution in [3.05, 3.63) is 68.2 Å². The van der Waals surface area contributed by atoms with Gasteiger partial charge in [0.05, 0.1) is 6.04 Å². The summed E-state index contributed by atoms with van der Waals surface area (Å²) in [5, 5.41) is 4.29. The van der Waals surface area contributed by atoms with Gasteiger partial charge in [0.15, 0.2) is 0 Å². The average molecular weight is 302 g/mol. The third-order valence-corrected chi connectivity index (χ3v) is 4.94. The standard InChI is InChI=1S/C19H24ClN/c1-11-7-8-16(10-17(11)20)19(21-6)18-14(4)12(2)9-13(3)15(18)5/h7-10,19,21H,1-6H3. The first-order chi connectivity index (χ1) is 9.86. The van der Waals surface area contributed by atoms with E-state index in [1.54, 1.807) is 0 Å². The number of hydrogen-bond donors (Lipinski definition) is 1. The Kier molecular flexibility index (Phi) is 4.75. The van der Waals surface area contributed by atoms with Crippen LogP contribution in [0, 0.1) is 34.6 Å². The predicted molar refractivity (Wildman–Crippen MR) is 92.5 cm³/mol. The lowest BCUT2D eigenvalue weighted by molar-refractivity contribution is 0.681.